The van der Waals surface area contributed by atoms with Crippen LogP contribution in [0, 0.1) is 6.92 Å². The minimum atomic E-state index is -0.951. The van der Waals surface area contributed by atoms with Crippen molar-refractivity contribution in [2.45, 2.75) is 13.3 Å². The maximum atomic E-state index is 10.9. The summed E-state index contributed by atoms with van der Waals surface area (Å²) in [5.41, 5.74) is 1.15. The zero-order valence-corrected chi connectivity index (χ0v) is 11.3. The molecule has 1 N–H and O–H groups in total. The Hall–Kier alpha value is -1.59. The predicted molar refractivity (Wildman–Crippen MR) is 70.9 cm³/mol. The lowest BCUT2D eigenvalue weighted by Gasteiger charge is -2.10. The molecule has 5 heteroatoms. The molecule has 1 aromatic rings. The molecule has 0 fully saturated rings. The highest BCUT2D eigenvalue weighted by Gasteiger charge is 2.06. The molecular weight excluding hydrogens is 248 g/mol. The normalized spacial score (nSPS) is 10.4. The third-order valence-corrected chi connectivity index (χ3v) is 2.56. The van der Waals surface area contributed by atoms with E-state index in [1.54, 1.807) is 25.3 Å². The Balaban J connectivity index is 2.32. The van der Waals surface area contributed by atoms with E-state index >= 15 is 0 Å². The van der Waals surface area contributed by atoms with Crippen LogP contribution in [-0.2, 0) is 9.47 Å². The maximum Gasteiger partial charge on any atom is 0.335 e. The molecule has 0 radical (unpaired) electrons. The van der Waals surface area contributed by atoms with Crippen LogP contribution in [0.25, 0.3) is 0 Å². The standard InChI is InChI=1S/C14H20O5/c1-11-4-5-12(14(15)16)10-13(11)19-7-3-6-18-9-8-17-2/h4-5,10H,3,6-9H2,1-2H3,(H,15,16). The molecular formula is C14H20O5. The third-order valence-electron chi connectivity index (χ3n) is 2.56. The Morgan fingerprint density at radius 3 is 2.68 bits per heavy atom. The van der Waals surface area contributed by atoms with E-state index in [4.69, 9.17) is 19.3 Å². The van der Waals surface area contributed by atoms with Crippen LogP contribution in [0.15, 0.2) is 18.2 Å². The highest BCUT2D eigenvalue weighted by molar-refractivity contribution is 5.88. The lowest BCUT2D eigenvalue weighted by molar-refractivity contribution is 0.0643. The first kappa shape index (κ1) is 15.5. The molecule has 19 heavy (non-hydrogen) atoms. The number of rotatable bonds is 9. The number of aromatic carboxylic acids is 1. The van der Waals surface area contributed by atoms with E-state index < -0.39 is 5.97 Å². The fourth-order valence-corrected chi connectivity index (χ4v) is 1.48. The van der Waals surface area contributed by atoms with Crippen molar-refractivity contribution in [1.29, 1.82) is 0 Å². The number of benzene rings is 1. The van der Waals surface area contributed by atoms with Crippen molar-refractivity contribution in [2.24, 2.45) is 0 Å². The van der Waals surface area contributed by atoms with Crippen LogP contribution in [0.5, 0.6) is 5.75 Å². The van der Waals surface area contributed by atoms with Gasteiger partial charge < -0.3 is 19.3 Å². The second-order valence-corrected chi connectivity index (χ2v) is 4.09. The highest BCUT2D eigenvalue weighted by atomic mass is 16.5. The molecule has 0 spiro atoms. The van der Waals surface area contributed by atoms with Gasteiger partial charge in [-0.2, -0.15) is 0 Å². The van der Waals surface area contributed by atoms with Gasteiger partial charge in [-0.3, -0.25) is 0 Å². The van der Waals surface area contributed by atoms with Crippen molar-refractivity contribution in [3.05, 3.63) is 29.3 Å². The van der Waals surface area contributed by atoms with Crippen LogP contribution in [0.2, 0.25) is 0 Å². The van der Waals surface area contributed by atoms with Crippen LogP contribution in [0.4, 0.5) is 0 Å². The van der Waals surface area contributed by atoms with Crippen LogP contribution in [0.3, 0.4) is 0 Å². The molecule has 0 saturated heterocycles. The molecule has 0 bridgehead atoms. The molecule has 106 valence electrons. The van der Waals surface area contributed by atoms with Gasteiger partial charge in [-0.25, -0.2) is 4.79 Å². The highest BCUT2D eigenvalue weighted by Crippen LogP contribution is 2.19. The van der Waals surface area contributed by atoms with E-state index in [1.165, 1.54) is 0 Å². The first-order valence-corrected chi connectivity index (χ1v) is 6.18. The number of carboxylic acid groups (broad SMARTS) is 1. The van der Waals surface area contributed by atoms with Crippen molar-refractivity contribution in [2.75, 3.05) is 33.5 Å². The summed E-state index contributed by atoms with van der Waals surface area (Å²) in [5, 5.41) is 8.90. The fraction of sp³-hybridized carbons (Fsp3) is 0.500. The molecule has 1 rings (SSSR count). The van der Waals surface area contributed by atoms with Crippen LogP contribution in [0.1, 0.15) is 22.3 Å². The molecule has 0 saturated carbocycles. The van der Waals surface area contributed by atoms with Gasteiger partial charge in [0.25, 0.3) is 0 Å². The van der Waals surface area contributed by atoms with Gasteiger partial charge >= 0.3 is 5.97 Å². The van der Waals surface area contributed by atoms with Gasteiger partial charge in [0, 0.05) is 20.1 Å². The first-order chi connectivity index (χ1) is 9.15. The van der Waals surface area contributed by atoms with E-state index in [9.17, 15) is 4.79 Å². The van der Waals surface area contributed by atoms with E-state index in [-0.39, 0.29) is 5.56 Å². The zero-order chi connectivity index (χ0) is 14.1. The monoisotopic (exact) mass is 268 g/mol. The number of aryl methyl sites for hydroxylation is 1. The summed E-state index contributed by atoms with van der Waals surface area (Å²) in [6.45, 7) is 4.14. The molecule has 0 unspecified atom stereocenters. The zero-order valence-electron chi connectivity index (χ0n) is 11.3. The molecule has 0 aliphatic rings. The van der Waals surface area contributed by atoms with Crippen molar-refractivity contribution >= 4 is 5.97 Å². The molecule has 0 heterocycles. The molecule has 5 nitrogen and oxygen atoms in total. The van der Waals surface area contributed by atoms with Crippen molar-refractivity contribution < 1.29 is 24.1 Å². The fourth-order valence-electron chi connectivity index (χ4n) is 1.48. The van der Waals surface area contributed by atoms with Gasteiger partial charge in [0.15, 0.2) is 0 Å². The molecule has 0 aliphatic carbocycles. The summed E-state index contributed by atoms with van der Waals surface area (Å²) in [5.74, 6) is -0.343. The number of carbonyl (C=O) groups is 1. The van der Waals surface area contributed by atoms with E-state index in [2.05, 4.69) is 0 Å². The lowest BCUT2D eigenvalue weighted by atomic mass is 10.1. The maximum absolute atomic E-state index is 10.9. The summed E-state index contributed by atoms with van der Waals surface area (Å²) in [4.78, 5) is 10.9. The Morgan fingerprint density at radius 2 is 2.00 bits per heavy atom. The van der Waals surface area contributed by atoms with Gasteiger partial charge in [-0.15, -0.1) is 0 Å². The Morgan fingerprint density at radius 1 is 1.21 bits per heavy atom. The largest absolute Gasteiger partial charge is 0.493 e. The van der Waals surface area contributed by atoms with Crippen molar-refractivity contribution in [3.63, 3.8) is 0 Å². The smallest absolute Gasteiger partial charge is 0.335 e. The summed E-state index contributed by atoms with van der Waals surface area (Å²) in [6.07, 6.45) is 0.750. The second kappa shape index (κ2) is 8.50. The minimum Gasteiger partial charge on any atom is -0.493 e. The molecule has 1 aromatic carbocycles. The minimum absolute atomic E-state index is 0.233. The van der Waals surface area contributed by atoms with Crippen LogP contribution in [-0.4, -0.2) is 44.6 Å². The Bertz CT molecular complexity index is 403. The Kier molecular flexibility index (Phi) is 6.92. The van der Waals surface area contributed by atoms with Crippen LogP contribution < -0.4 is 4.74 Å². The van der Waals surface area contributed by atoms with Gasteiger partial charge in [-0.05, 0) is 24.6 Å². The summed E-state index contributed by atoms with van der Waals surface area (Å²) >= 11 is 0. The van der Waals surface area contributed by atoms with Gasteiger partial charge in [-0.1, -0.05) is 6.07 Å². The second-order valence-electron chi connectivity index (χ2n) is 4.09. The first-order valence-electron chi connectivity index (χ1n) is 6.18. The lowest BCUT2D eigenvalue weighted by Crippen LogP contribution is -2.07. The van der Waals surface area contributed by atoms with Crippen molar-refractivity contribution in [3.8, 4) is 5.75 Å². The Labute approximate surface area is 113 Å². The number of ether oxygens (including phenoxy) is 3. The van der Waals surface area contributed by atoms with Gasteiger partial charge in [0.05, 0.1) is 25.4 Å². The molecule has 0 amide bonds. The summed E-state index contributed by atoms with van der Waals surface area (Å²) in [6, 6.07) is 4.86. The van der Waals surface area contributed by atoms with Gasteiger partial charge in [0.2, 0.25) is 0 Å². The third kappa shape index (κ3) is 5.72. The SMILES string of the molecule is COCCOCCCOc1cc(C(=O)O)ccc1C. The number of carboxylic acids is 1. The quantitative estimate of drug-likeness (QED) is 0.695. The predicted octanol–water partition coefficient (Wildman–Crippen LogP) is 2.13. The van der Waals surface area contributed by atoms with Gasteiger partial charge in [0.1, 0.15) is 5.75 Å². The molecule has 0 aromatic heterocycles. The van der Waals surface area contributed by atoms with Crippen LogP contribution >= 0.6 is 0 Å². The topological polar surface area (TPSA) is 65.0 Å². The van der Waals surface area contributed by atoms with Crippen molar-refractivity contribution in [1.82, 2.24) is 0 Å². The van der Waals surface area contributed by atoms with E-state index in [1.807, 2.05) is 6.92 Å². The average Bonchev–Trinajstić information content (AvgIpc) is 2.39. The number of hydrogen-bond acceptors (Lipinski definition) is 4. The van der Waals surface area contributed by atoms with E-state index in [0.717, 1.165) is 12.0 Å². The average molecular weight is 268 g/mol. The molecule has 0 aliphatic heterocycles. The number of hydrogen-bond donors (Lipinski definition) is 1. The summed E-state index contributed by atoms with van der Waals surface area (Å²) < 4.78 is 15.7. The summed E-state index contributed by atoms with van der Waals surface area (Å²) in [7, 11) is 1.63. The number of methoxy groups -OCH3 is 1. The van der Waals surface area contributed by atoms with E-state index in [0.29, 0.717) is 32.2 Å². The molecule has 0 atom stereocenters.